The molecule has 5 heterocycles. The molecule has 4 aromatic carbocycles. The molecule has 0 saturated heterocycles. The molecule has 176 valence electrons. The summed E-state index contributed by atoms with van der Waals surface area (Å²) in [6.07, 6.45) is 0. The normalized spacial score (nSPS) is 12.2. The number of nitrogens with zero attached hydrogens (tertiary/aromatic N) is 3. The molecule has 9 aromatic rings. The van der Waals surface area contributed by atoms with Crippen molar-refractivity contribution in [2.45, 2.75) is 0 Å². The Morgan fingerprint density at radius 2 is 1.13 bits per heavy atom. The van der Waals surface area contributed by atoms with E-state index in [1.807, 2.05) is 0 Å². The van der Waals surface area contributed by atoms with Crippen molar-refractivity contribution in [3.63, 3.8) is 0 Å². The van der Waals surface area contributed by atoms with E-state index in [1.54, 1.807) is 0 Å². The Kier molecular flexibility index (Phi) is 3.79. The highest BCUT2D eigenvalue weighted by Crippen LogP contribution is 2.44. The molecular formula is C35H21N3. The Morgan fingerprint density at radius 3 is 2.00 bits per heavy atom. The number of pyridine rings is 2. The van der Waals surface area contributed by atoms with Gasteiger partial charge in [-0.05, 0) is 41.5 Å². The summed E-state index contributed by atoms with van der Waals surface area (Å²) in [5.74, 6) is 0.937. The van der Waals surface area contributed by atoms with Crippen molar-refractivity contribution in [3.8, 4) is 16.9 Å². The summed E-state index contributed by atoms with van der Waals surface area (Å²) in [7, 11) is 0. The average Bonchev–Trinajstić information content (AvgIpc) is 3.62. The Morgan fingerprint density at radius 1 is 0.474 bits per heavy atom. The summed E-state index contributed by atoms with van der Waals surface area (Å²) in [4.78, 5) is 5.28. The van der Waals surface area contributed by atoms with Gasteiger partial charge in [0.1, 0.15) is 5.82 Å². The molecule has 0 spiro atoms. The van der Waals surface area contributed by atoms with Crippen LogP contribution in [0.5, 0.6) is 0 Å². The zero-order chi connectivity index (χ0) is 24.8. The molecule has 3 nitrogen and oxygen atoms in total. The molecule has 0 fully saturated rings. The number of para-hydroxylation sites is 2. The summed E-state index contributed by atoms with van der Waals surface area (Å²) in [5, 5.41) is 6.24. The Labute approximate surface area is 218 Å². The number of benzene rings is 4. The molecule has 0 atom stereocenters. The first-order chi connectivity index (χ1) is 18.9. The minimum absolute atomic E-state index is 0.937. The number of aromatic nitrogens is 3. The molecule has 0 bridgehead atoms. The standard InChI is InChI=1S/C35H21N3/c1-2-11-22(12-3-1)27-21-32(36-28-17-8-6-13-23(27)28)38-30-18-9-7-16-26(30)33-31-20-10-19-29-24-14-4-5-15-25(24)34(35(33)38)37(29)31/h1-21H. The lowest BCUT2D eigenvalue weighted by atomic mass is 10.0. The zero-order valence-corrected chi connectivity index (χ0v) is 20.5. The van der Waals surface area contributed by atoms with Crippen molar-refractivity contribution < 1.29 is 0 Å². The van der Waals surface area contributed by atoms with Crippen LogP contribution >= 0.6 is 0 Å². The first-order valence-electron chi connectivity index (χ1n) is 13.0. The fourth-order valence-corrected chi connectivity index (χ4v) is 6.52. The largest absolute Gasteiger partial charge is 0.306 e. The molecule has 9 rings (SSSR count). The van der Waals surface area contributed by atoms with E-state index in [0.29, 0.717) is 0 Å². The fraction of sp³-hybridized carbons (Fsp3) is 0. The van der Waals surface area contributed by atoms with Crippen LogP contribution in [0, 0.1) is 0 Å². The van der Waals surface area contributed by atoms with Crippen LogP contribution in [0.15, 0.2) is 127 Å². The molecule has 5 aromatic heterocycles. The first kappa shape index (κ1) is 20.0. The maximum absolute atomic E-state index is 5.28. The second-order valence-electron chi connectivity index (χ2n) is 10.0. The second kappa shape index (κ2) is 7.21. The highest BCUT2D eigenvalue weighted by molar-refractivity contribution is 6.29. The zero-order valence-electron chi connectivity index (χ0n) is 20.5. The lowest BCUT2D eigenvalue weighted by Crippen LogP contribution is -1.99. The highest BCUT2D eigenvalue weighted by Gasteiger charge is 2.24. The predicted octanol–water partition coefficient (Wildman–Crippen LogP) is 9.00. The van der Waals surface area contributed by atoms with E-state index in [1.165, 1.54) is 60.3 Å². The van der Waals surface area contributed by atoms with E-state index in [2.05, 4.69) is 136 Å². The van der Waals surface area contributed by atoms with E-state index >= 15 is 0 Å². The number of hydrogen-bond acceptors (Lipinski definition) is 1. The molecule has 0 radical (unpaired) electrons. The van der Waals surface area contributed by atoms with Gasteiger partial charge in [-0.1, -0.05) is 97.1 Å². The number of rotatable bonds is 2. The van der Waals surface area contributed by atoms with Crippen molar-refractivity contribution in [2.24, 2.45) is 0 Å². The van der Waals surface area contributed by atoms with Gasteiger partial charge in [0, 0.05) is 26.9 Å². The van der Waals surface area contributed by atoms with Gasteiger partial charge in [-0.15, -0.1) is 0 Å². The molecule has 0 saturated carbocycles. The Balaban J connectivity index is 1.53. The second-order valence-corrected chi connectivity index (χ2v) is 10.0. The van der Waals surface area contributed by atoms with E-state index in [4.69, 9.17) is 4.98 Å². The molecule has 0 amide bonds. The van der Waals surface area contributed by atoms with E-state index in [9.17, 15) is 0 Å². The Bertz CT molecular complexity index is 2340. The first-order valence-corrected chi connectivity index (χ1v) is 13.0. The van der Waals surface area contributed by atoms with E-state index in [-0.39, 0.29) is 0 Å². The van der Waals surface area contributed by atoms with Gasteiger partial charge < -0.3 is 4.40 Å². The molecule has 0 N–H and O–H groups in total. The summed E-state index contributed by atoms with van der Waals surface area (Å²) >= 11 is 0. The minimum Gasteiger partial charge on any atom is -0.306 e. The van der Waals surface area contributed by atoms with Crippen molar-refractivity contribution in [3.05, 3.63) is 127 Å². The van der Waals surface area contributed by atoms with Crippen LogP contribution in [0.2, 0.25) is 0 Å². The maximum Gasteiger partial charge on any atom is 0.139 e. The lowest BCUT2D eigenvalue weighted by Gasteiger charge is -2.13. The van der Waals surface area contributed by atoms with Gasteiger partial charge in [0.05, 0.1) is 33.1 Å². The molecule has 0 aliphatic heterocycles. The molecule has 38 heavy (non-hydrogen) atoms. The van der Waals surface area contributed by atoms with Gasteiger partial charge >= 0.3 is 0 Å². The van der Waals surface area contributed by atoms with E-state index < -0.39 is 0 Å². The molecular weight excluding hydrogens is 462 g/mol. The van der Waals surface area contributed by atoms with Crippen molar-refractivity contribution in [1.29, 1.82) is 0 Å². The highest BCUT2D eigenvalue weighted by atomic mass is 15.1. The van der Waals surface area contributed by atoms with Gasteiger partial charge in [0.25, 0.3) is 0 Å². The average molecular weight is 484 g/mol. The third-order valence-corrected chi connectivity index (χ3v) is 8.04. The van der Waals surface area contributed by atoms with Crippen LogP contribution in [0.25, 0.3) is 77.0 Å². The number of fused-ring (bicyclic) bond motifs is 9. The monoisotopic (exact) mass is 483 g/mol. The van der Waals surface area contributed by atoms with Crippen LogP contribution in [-0.2, 0) is 0 Å². The fourth-order valence-electron chi connectivity index (χ4n) is 6.52. The quantitative estimate of drug-likeness (QED) is 0.240. The van der Waals surface area contributed by atoms with Crippen molar-refractivity contribution in [2.75, 3.05) is 0 Å². The van der Waals surface area contributed by atoms with Crippen LogP contribution in [-0.4, -0.2) is 14.0 Å². The smallest absolute Gasteiger partial charge is 0.139 e. The minimum atomic E-state index is 0.937. The molecule has 3 heteroatoms. The van der Waals surface area contributed by atoms with Crippen molar-refractivity contribution >= 4 is 60.0 Å². The van der Waals surface area contributed by atoms with Gasteiger partial charge in [-0.25, -0.2) is 4.98 Å². The van der Waals surface area contributed by atoms with Crippen LogP contribution in [0.1, 0.15) is 0 Å². The maximum atomic E-state index is 5.28. The molecule has 0 aliphatic rings. The van der Waals surface area contributed by atoms with Gasteiger partial charge in [0.2, 0.25) is 0 Å². The van der Waals surface area contributed by atoms with Gasteiger partial charge in [-0.2, -0.15) is 0 Å². The van der Waals surface area contributed by atoms with Crippen molar-refractivity contribution in [1.82, 2.24) is 14.0 Å². The van der Waals surface area contributed by atoms with Gasteiger partial charge in [-0.3, -0.25) is 4.57 Å². The SMILES string of the molecule is c1ccc(-c2cc(-n3c4ccccc4c4c3c3c5ccccc5c5cccc4n53)nc3ccccc23)cc1. The van der Waals surface area contributed by atoms with Gasteiger partial charge in [0.15, 0.2) is 0 Å². The number of hydrogen-bond donors (Lipinski definition) is 0. The van der Waals surface area contributed by atoms with Crippen LogP contribution in [0.3, 0.4) is 0 Å². The van der Waals surface area contributed by atoms with E-state index in [0.717, 1.165) is 16.7 Å². The lowest BCUT2D eigenvalue weighted by molar-refractivity contribution is 1.11. The molecule has 0 unspecified atom stereocenters. The molecule has 0 aliphatic carbocycles. The topological polar surface area (TPSA) is 22.2 Å². The summed E-state index contributed by atoms with van der Waals surface area (Å²) in [6.45, 7) is 0. The third-order valence-electron chi connectivity index (χ3n) is 8.04. The predicted molar refractivity (Wildman–Crippen MR) is 159 cm³/mol. The Hall–Kier alpha value is -5.15. The van der Waals surface area contributed by atoms with Crippen LogP contribution in [0.4, 0.5) is 0 Å². The summed E-state index contributed by atoms with van der Waals surface area (Å²) in [5.41, 5.74) is 9.50. The van der Waals surface area contributed by atoms with Crippen LogP contribution < -0.4 is 0 Å². The summed E-state index contributed by atoms with van der Waals surface area (Å²) < 4.78 is 4.83. The summed E-state index contributed by atoms with van der Waals surface area (Å²) in [6, 6.07) is 45.5. The third kappa shape index (κ3) is 2.45.